The standard InChI is InChI=1S/C14H16Cl2N2OS/c1-9(2)18-14(12(16)7-17-18)13(19)8-20-11-5-3-10(15)4-6-11/h3-7,9,13,19H,8H2,1-2H3. The summed E-state index contributed by atoms with van der Waals surface area (Å²) in [4.78, 5) is 1.06. The highest BCUT2D eigenvalue weighted by molar-refractivity contribution is 7.99. The van der Waals surface area contributed by atoms with Crippen LogP contribution in [0.15, 0.2) is 35.4 Å². The van der Waals surface area contributed by atoms with E-state index in [-0.39, 0.29) is 6.04 Å². The van der Waals surface area contributed by atoms with Gasteiger partial charge in [0.05, 0.1) is 16.9 Å². The van der Waals surface area contributed by atoms with E-state index < -0.39 is 6.10 Å². The average Bonchev–Trinajstić information content (AvgIpc) is 2.80. The second-order valence-electron chi connectivity index (χ2n) is 4.70. The first-order chi connectivity index (χ1) is 9.49. The Morgan fingerprint density at radius 2 is 1.90 bits per heavy atom. The summed E-state index contributed by atoms with van der Waals surface area (Å²) in [6, 6.07) is 7.69. The Bertz CT molecular complexity index is 569. The molecule has 0 aliphatic heterocycles. The summed E-state index contributed by atoms with van der Waals surface area (Å²) >= 11 is 13.5. The first-order valence-electron chi connectivity index (χ1n) is 6.28. The summed E-state index contributed by atoms with van der Waals surface area (Å²) in [5.74, 6) is 0.514. The Hall–Kier alpha value is -0.680. The average molecular weight is 331 g/mol. The lowest BCUT2D eigenvalue weighted by Crippen LogP contribution is -2.13. The smallest absolute Gasteiger partial charge is 0.106 e. The zero-order chi connectivity index (χ0) is 14.7. The fraction of sp³-hybridized carbons (Fsp3) is 0.357. The third kappa shape index (κ3) is 3.70. The molecule has 0 bridgehead atoms. The number of benzene rings is 1. The second-order valence-corrected chi connectivity index (χ2v) is 6.63. The van der Waals surface area contributed by atoms with Crippen molar-refractivity contribution in [3.8, 4) is 0 Å². The lowest BCUT2D eigenvalue weighted by Gasteiger charge is -2.16. The van der Waals surface area contributed by atoms with Gasteiger partial charge in [-0.05, 0) is 38.1 Å². The van der Waals surface area contributed by atoms with Crippen LogP contribution in [0.1, 0.15) is 31.7 Å². The summed E-state index contributed by atoms with van der Waals surface area (Å²) in [5, 5.41) is 15.8. The fourth-order valence-corrected chi connectivity index (χ4v) is 3.08. The molecule has 0 amide bonds. The van der Waals surface area contributed by atoms with Crippen molar-refractivity contribution in [2.75, 3.05) is 5.75 Å². The molecule has 108 valence electrons. The topological polar surface area (TPSA) is 38.0 Å². The van der Waals surface area contributed by atoms with E-state index in [2.05, 4.69) is 5.10 Å². The molecule has 0 aliphatic rings. The van der Waals surface area contributed by atoms with Crippen LogP contribution >= 0.6 is 35.0 Å². The van der Waals surface area contributed by atoms with E-state index >= 15 is 0 Å². The zero-order valence-corrected chi connectivity index (χ0v) is 13.6. The van der Waals surface area contributed by atoms with E-state index in [1.807, 2.05) is 38.1 Å². The molecule has 1 aromatic carbocycles. The molecule has 1 aromatic heterocycles. The normalized spacial score (nSPS) is 12.9. The van der Waals surface area contributed by atoms with Crippen molar-refractivity contribution in [1.82, 2.24) is 9.78 Å². The van der Waals surface area contributed by atoms with Gasteiger partial charge in [0, 0.05) is 21.7 Å². The number of halogens is 2. The first kappa shape index (κ1) is 15.7. The fourth-order valence-electron chi connectivity index (χ4n) is 1.86. The van der Waals surface area contributed by atoms with Crippen molar-refractivity contribution in [2.45, 2.75) is 30.9 Å². The minimum atomic E-state index is -0.659. The van der Waals surface area contributed by atoms with Gasteiger partial charge in [0.25, 0.3) is 0 Å². The Morgan fingerprint density at radius 1 is 1.25 bits per heavy atom. The Labute approximate surface area is 132 Å². The van der Waals surface area contributed by atoms with E-state index in [1.54, 1.807) is 22.6 Å². The molecule has 2 rings (SSSR count). The van der Waals surface area contributed by atoms with Gasteiger partial charge in [0.2, 0.25) is 0 Å². The molecule has 0 saturated heterocycles. The molecule has 0 fully saturated rings. The maximum atomic E-state index is 10.3. The van der Waals surface area contributed by atoms with Crippen LogP contribution in [0.25, 0.3) is 0 Å². The summed E-state index contributed by atoms with van der Waals surface area (Å²) < 4.78 is 1.76. The number of aliphatic hydroxyl groups excluding tert-OH is 1. The van der Waals surface area contributed by atoms with Crippen molar-refractivity contribution in [3.63, 3.8) is 0 Å². The van der Waals surface area contributed by atoms with E-state index in [9.17, 15) is 5.11 Å². The van der Waals surface area contributed by atoms with Crippen LogP contribution < -0.4 is 0 Å². The molecule has 1 heterocycles. The summed E-state index contributed by atoms with van der Waals surface area (Å²) in [7, 11) is 0. The largest absolute Gasteiger partial charge is 0.386 e. The van der Waals surface area contributed by atoms with Gasteiger partial charge in [-0.3, -0.25) is 4.68 Å². The van der Waals surface area contributed by atoms with Gasteiger partial charge in [0.1, 0.15) is 6.10 Å². The highest BCUT2D eigenvalue weighted by Crippen LogP contribution is 2.30. The maximum Gasteiger partial charge on any atom is 0.106 e. The van der Waals surface area contributed by atoms with Gasteiger partial charge < -0.3 is 5.11 Å². The molecule has 0 saturated carbocycles. The molecule has 0 spiro atoms. The van der Waals surface area contributed by atoms with E-state index in [4.69, 9.17) is 23.2 Å². The van der Waals surface area contributed by atoms with Crippen molar-refractivity contribution in [2.24, 2.45) is 0 Å². The van der Waals surface area contributed by atoms with Gasteiger partial charge in [0.15, 0.2) is 0 Å². The summed E-state index contributed by atoms with van der Waals surface area (Å²) in [6.07, 6.45) is 0.917. The van der Waals surface area contributed by atoms with Crippen LogP contribution in [0.4, 0.5) is 0 Å². The number of hydrogen-bond acceptors (Lipinski definition) is 3. The van der Waals surface area contributed by atoms with Crippen LogP contribution in [0.3, 0.4) is 0 Å². The van der Waals surface area contributed by atoms with Gasteiger partial charge in [-0.1, -0.05) is 23.2 Å². The van der Waals surface area contributed by atoms with Crippen molar-refractivity contribution < 1.29 is 5.11 Å². The van der Waals surface area contributed by atoms with Gasteiger partial charge in [-0.15, -0.1) is 11.8 Å². The molecule has 6 heteroatoms. The number of hydrogen-bond donors (Lipinski definition) is 1. The molecule has 1 atom stereocenters. The molecular weight excluding hydrogens is 315 g/mol. The predicted octanol–water partition coefficient (Wildman–Crippen LogP) is 4.60. The number of thioether (sulfide) groups is 1. The van der Waals surface area contributed by atoms with Crippen molar-refractivity contribution >= 4 is 35.0 Å². The minimum Gasteiger partial charge on any atom is -0.386 e. The van der Waals surface area contributed by atoms with E-state index in [0.29, 0.717) is 21.5 Å². The highest BCUT2D eigenvalue weighted by atomic mass is 35.5. The third-order valence-corrected chi connectivity index (χ3v) is 4.44. The SMILES string of the molecule is CC(C)n1ncc(Cl)c1C(O)CSc1ccc(Cl)cc1. The third-order valence-electron chi connectivity index (χ3n) is 2.81. The Morgan fingerprint density at radius 3 is 2.50 bits per heavy atom. The molecule has 3 nitrogen and oxygen atoms in total. The van der Waals surface area contributed by atoms with Crippen molar-refractivity contribution in [1.29, 1.82) is 0 Å². The molecule has 0 aliphatic carbocycles. The highest BCUT2D eigenvalue weighted by Gasteiger charge is 2.19. The van der Waals surface area contributed by atoms with Gasteiger partial charge >= 0.3 is 0 Å². The Balaban J connectivity index is 2.07. The van der Waals surface area contributed by atoms with Crippen LogP contribution in [0, 0.1) is 0 Å². The van der Waals surface area contributed by atoms with Gasteiger partial charge in [-0.2, -0.15) is 5.10 Å². The number of rotatable bonds is 5. The summed E-state index contributed by atoms with van der Waals surface area (Å²) in [5.41, 5.74) is 0.670. The predicted molar refractivity (Wildman–Crippen MR) is 84.8 cm³/mol. The van der Waals surface area contributed by atoms with E-state index in [1.165, 1.54) is 0 Å². The lowest BCUT2D eigenvalue weighted by atomic mass is 10.2. The zero-order valence-electron chi connectivity index (χ0n) is 11.3. The number of aliphatic hydroxyl groups is 1. The molecule has 2 aromatic rings. The van der Waals surface area contributed by atoms with Crippen LogP contribution in [0.2, 0.25) is 10.0 Å². The molecular formula is C14H16Cl2N2OS. The maximum absolute atomic E-state index is 10.3. The molecule has 0 radical (unpaired) electrons. The van der Waals surface area contributed by atoms with Crippen LogP contribution in [-0.4, -0.2) is 20.6 Å². The number of aromatic nitrogens is 2. The summed E-state index contributed by atoms with van der Waals surface area (Å²) in [6.45, 7) is 4.01. The quantitative estimate of drug-likeness (QED) is 0.814. The lowest BCUT2D eigenvalue weighted by molar-refractivity contribution is 0.189. The molecule has 1 N–H and O–H groups in total. The monoisotopic (exact) mass is 330 g/mol. The number of nitrogens with zero attached hydrogens (tertiary/aromatic N) is 2. The van der Waals surface area contributed by atoms with Crippen molar-refractivity contribution in [3.05, 3.63) is 46.2 Å². The first-order valence-corrected chi connectivity index (χ1v) is 8.02. The van der Waals surface area contributed by atoms with E-state index in [0.717, 1.165) is 4.90 Å². The van der Waals surface area contributed by atoms with Gasteiger partial charge in [-0.25, -0.2) is 0 Å². The Kier molecular flexibility index (Phi) is 5.38. The minimum absolute atomic E-state index is 0.160. The van der Waals surface area contributed by atoms with Crippen LogP contribution in [-0.2, 0) is 0 Å². The molecule has 1 unspecified atom stereocenters. The van der Waals surface area contributed by atoms with Crippen LogP contribution in [0.5, 0.6) is 0 Å². The second kappa shape index (κ2) is 6.85. The molecule has 20 heavy (non-hydrogen) atoms.